The predicted octanol–water partition coefficient (Wildman–Crippen LogP) is 1.82. The molecule has 0 aliphatic carbocycles. The summed E-state index contributed by atoms with van der Waals surface area (Å²) in [6.45, 7) is 8.30. The Bertz CT molecular complexity index is 191. The van der Waals surface area contributed by atoms with Crippen LogP contribution in [0.25, 0.3) is 0 Å². The molecule has 0 rings (SSSR count). The van der Waals surface area contributed by atoms with Crippen LogP contribution in [0.15, 0.2) is 12.2 Å². The highest BCUT2D eigenvalue weighted by atomic mass is 19.1. The molecule has 1 atom stereocenters. The van der Waals surface area contributed by atoms with Gasteiger partial charge in [-0.1, -0.05) is 13.5 Å². The van der Waals surface area contributed by atoms with Crippen molar-refractivity contribution in [2.24, 2.45) is 0 Å². The smallest absolute Gasteiger partial charge is 0.216 e. The van der Waals surface area contributed by atoms with Gasteiger partial charge in [0.15, 0.2) is 0 Å². The van der Waals surface area contributed by atoms with E-state index in [0.29, 0.717) is 12.0 Å². The van der Waals surface area contributed by atoms with E-state index in [1.54, 1.807) is 13.8 Å². The first-order valence-corrected chi connectivity index (χ1v) is 4.01. The number of hydrogen-bond donors (Lipinski definition) is 1. The molecule has 1 unspecified atom stereocenters. The Balaban J connectivity index is 4.15. The molecule has 1 amide bonds. The van der Waals surface area contributed by atoms with E-state index in [-0.39, 0.29) is 12.5 Å². The van der Waals surface area contributed by atoms with E-state index in [9.17, 15) is 9.18 Å². The van der Waals surface area contributed by atoms with Crippen LogP contribution in [0.2, 0.25) is 0 Å². The summed E-state index contributed by atoms with van der Waals surface area (Å²) in [7, 11) is 0. The van der Waals surface area contributed by atoms with Crippen molar-refractivity contribution in [3.63, 3.8) is 0 Å². The normalized spacial score (nSPS) is 15.0. The minimum absolute atomic E-state index is 0.0220. The first-order chi connectivity index (χ1) is 5.42. The lowest BCUT2D eigenvalue weighted by Gasteiger charge is -2.24. The van der Waals surface area contributed by atoms with E-state index in [4.69, 9.17) is 0 Å². The summed E-state index contributed by atoms with van der Waals surface area (Å²) in [6, 6.07) is 0. The maximum absolute atomic E-state index is 13.7. The van der Waals surface area contributed by atoms with Gasteiger partial charge in [-0.15, -0.1) is 0 Å². The fourth-order valence-corrected chi connectivity index (χ4v) is 0.842. The largest absolute Gasteiger partial charge is 0.353 e. The van der Waals surface area contributed by atoms with Crippen molar-refractivity contribution in [2.75, 3.05) is 6.54 Å². The fraction of sp³-hybridized carbons (Fsp3) is 0.667. The van der Waals surface area contributed by atoms with Crippen LogP contribution < -0.4 is 5.32 Å². The van der Waals surface area contributed by atoms with Crippen molar-refractivity contribution in [2.45, 2.75) is 32.9 Å². The van der Waals surface area contributed by atoms with Crippen LogP contribution in [0.4, 0.5) is 4.39 Å². The maximum atomic E-state index is 13.7. The van der Waals surface area contributed by atoms with Gasteiger partial charge in [0.1, 0.15) is 5.67 Å². The zero-order chi connectivity index (χ0) is 9.78. The van der Waals surface area contributed by atoms with Crippen molar-refractivity contribution >= 4 is 5.91 Å². The second kappa shape index (κ2) is 4.24. The molecule has 0 aliphatic rings. The monoisotopic (exact) mass is 173 g/mol. The Morgan fingerprint density at radius 2 is 2.08 bits per heavy atom. The molecule has 1 N–H and O–H groups in total. The lowest BCUT2D eigenvalue weighted by Crippen LogP contribution is -2.38. The summed E-state index contributed by atoms with van der Waals surface area (Å²) < 4.78 is 13.7. The molecule has 0 aromatic heterocycles. The van der Waals surface area contributed by atoms with Crippen LogP contribution >= 0.6 is 0 Å². The number of halogens is 1. The van der Waals surface area contributed by atoms with Gasteiger partial charge in [0.25, 0.3) is 0 Å². The molecule has 0 bridgehead atoms. The average Bonchev–Trinajstić information content (AvgIpc) is 1.99. The fourth-order valence-electron chi connectivity index (χ4n) is 0.842. The first kappa shape index (κ1) is 11.1. The van der Waals surface area contributed by atoms with Gasteiger partial charge in [0.05, 0.1) is 6.54 Å². The molecular formula is C9H16FNO. The van der Waals surface area contributed by atoms with Crippen LogP contribution in [0, 0.1) is 0 Å². The number of carbonyl (C=O) groups is 1. The van der Waals surface area contributed by atoms with Crippen LogP contribution in [0.1, 0.15) is 27.2 Å². The lowest BCUT2D eigenvalue weighted by atomic mass is 9.95. The highest BCUT2D eigenvalue weighted by Gasteiger charge is 2.28. The summed E-state index contributed by atoms with van der Waals surface area (Å²) >= 11 is 0. The molecule has 0 saturated carbocycles. The Morgan fingerprint density at radius 1 is 1.58 bits per heavy atom. The van der Waals surface area contributed by atoms with E-state index in [2.05, 4.69) is 11.9 Å². The summed E-state index contributed by atoms with van der Waals surface area (Å²) in [4.78, 5) is 10.5. The van der Waals surface area contributed by atoms with Gasteiger partial charge in [0, 0.05) is 6.92 Å². The van der Waals surface area contributed by atoms with Crippen molar-refractivity contribution in [3.05, 3.63) is 12.2 Å². The molecular weight excluding hydrogens is 157 g/mol. The molecule has 0 radical (unpaired) electrons. The van der Waals surface area contributed by atoms with E-state index in [1.807, 2.05) is 0 Å². The highest BCUT2D eigenvalue weighted by molar-refractivity contribution is 5.72. The van der Waals surface area contributed by atoms with Crippen molar-refractivity contribution in [1.82, 2.24) is 5.32 Å². The van der Waals surface area contributed by atoms with Gasteiger partial charge in [0.2, 0.25) is 5.91 Å². The summed E-state index contributed by atoms with van der Waals surface area (Å²) in [6.07, 6.45) is 0.336. The third kappa shape index (κ3) is 3.03. The Hall–Kier alpha value is -0.860. The Labute approximate surface area is 72.8 Å². The summed E-state index contributed by atoms with van der Waals surface area (Å²) in [5.41, 5.74) is -0.996. The second-order valence-electron chi connectivity index (χ2n) is 3.01. The molecule has 0 aromatic rings. The zero-order valence-electron chi connectivity index (χ0n) is 7.91. The predicted molar refractivity (Wildman–Crippen MR) is 47.6 cm³/mol. The second-order valence-corrected chi connectivity index (χ2v) is 3.01. The lowest BCUT2D eigenvalue weighted by molar-refractivity contribution is -0.119. The van der Waals surface area contributed by atoms with Crippen molar-refractivity contribution in [3.8, 4) is 0 Å². The van der Waals surface area contributed by atoms with Crippen LogP contribution in [-0.2, 0) is 4.79 Å². The molecule has 70 valence electrons. The van der Waals surface area contributed by atoms with E-state index in [1.165, 1.54) is 6.92 Å². The standard InChI is InChI=1S/C9H16FNO/c1-5-9(10,7(2)3)6-11-8(4)12/h2,5-6H2,1,3-4H3,(H,11,12). The van der Waals surface area contributed by atoms with Gasteiger partial charge in [-0.25, -0.2) is 4.39 Å². The first-order valence-electron chi connectivity index (χ1n) is 4.01. The van der Waals surface area contributed by atoms with Crippen LogP contribution in [0.5, 0.6) is 0 Å². The van der Waals surface area contributed by atoms with Crippen molar-refractivity contribution < 1.29 is 9.18 Å². The molecule has 2 nitrogen and oxygen atoms in total. The van der Waals surface area contributed by atoms with Gasteiger partial charge >= 0.3 is 0 Å². The molecule has 12 heavy (non-hydrogen) atoms. The third-order valence-corrected chi connectivity index (χ3v) is 1.94. The minimum atomic E-state index is -1.45. The zero-order valence-corrected chi connectivity index (χ0v) is 7.91. The molecule has 0 aromatic carbocycles. The van der Waals surface area contributed by atoms with Gasteiger partial charge in [-0.3, -0.25) is 4.79 Å². The molecule has 0 fully saturated rings. The summed E-state index contributed by atoms with van der Waals surface area (Å²) in [5.74, 6) is -0.216. The van der Waals surface area contributed by atoms with Gasteiger partial charge in [-0.2, -0.15) is 0 Å². The number of amides is 1. The number of hydrogen-bond acceptors (Lipinski definition) is 1. The van der Waals surface area contributed by atoms with Crippen molar-refractivity contribution in [1.29, 1.82) is 0 Å². The Kier molecular flexibility index (Phi) is 3.93. The number of alkyl halides is 1. The summed E-state index contributed by atoms with van der Waals surface area (Å²) in [5, 5.41) is 2.44. The molecule has 0 aliphatic heterocycles. The van der Waals surface area contributed by atoms with Crippen LogP contribution in [-0.4, -0.2) is 18.1 Å². The third-order valence-electron chi connectivity index (χ3n) is 1.94. The highest BCUT2D eigenvalue weighted by Crippen LogP contribution is 2.23. The quantitative estimate of drug-likeness (QED) is 0.645. The molecule has 0 saturated heterocycles. The van der Waals surface area contributed by atoms with E-state index >= 15 is 0 Å². The van der Waals surface area contributed by atoms with E-state index in [0.717, 1.165) is 0 Å². The molecule has 3 heteroatoms. The molecule has 0 heterocycles. The molecule has 0 spiro atoms. The van der Waals surface area contributed by atoms with Gasteiger partial charge in [-0.05, 0) is 18.9 Å². The number of rotatable bonds is 4. The SMILES string of the molecule is C=C(C)C(F)(CC)CNC(C)=O. The van der Waals surface area contributed by atoms with Crippen LogP contribution in [0.3, 0.4) is 0 Å². The van der Waals surface area contributed by atoms with Gasteiger partial charge < -0.3 is 5.32 Å². The topological polar surface area (TPSA) is 29.1 Å². The average molecular weight is 173 g/mol. The maximum Gasteiger partial charge on any atom is 0.216 e. The minimum Gasteiger partial charge on any atom is -0.353 e. The number of carbonyl (C=O) groups excluding carboxylic acids is 1. The number of nitrogens with one attached hydrogen (secondary N) is 1. The Morgan fingerprint density at radius 3 is 2.33 bits per heavy atom. The van der Waals surface area contributed by atoms with E-state index < -0.39 is 5.67 Å².